The van der Waals surface area contributed by atoms with Gasteiger partial charge < -0.3 is 5.11 Å². The fourth-order valence-corrected chi connectivity index (χ4v) is 0.562. The highest BCUT2D eigenvalue weighted by Crippen LogP contribution is 2.52. The predicted molar refractivity (Wildman–Crippen MR) is 29.4 cm³/mol. The van der Waals surface area contributed by atoms with Crippen LogP contribution in [0.15, 0.2) is 0 Å². The van der Waals surface area contributed by atoms with E-state index in [1.165, 1.54) is 0 Å². The summed E-state index contributed by atoms with van der Waals surface area (Å²) in [5.74, 6) is 0. The highest BCUT2D eigenvalue weighted by atomic mass is 16.3. The minimum Gasteiger partial charge on any atom is -0.394 e. The molecule has 1 rings (SSSR count). The van der Waals surface area contributed by atoms with Crippen LogP contribution in [0.2, 0.25) is 5.31 Å². The Morgan fingerprint density at radius 1 is 1.71 bits per heavy atom. The van der Waals surface area contributed by atoms with Gasteiger partial charge in [-0.15, -0.1) is 0 Å². The third kappa shape index (κ3) is 0.803. The minimum absolute atomic E-state index is 0.194. The summed E-state index contributed by atoms with van der Waals surface area (Å²) < 4.78 is 0. The Kier molecular flexibility index (Phi) is 0.924. The zero-order valence-electron chi connectivity index (χ0n) is 4.52. The Morgan fingerprint density at radius 3 is 2.14 bits per heavy atom. The Hall–Kier alpha value is 0.0249. The Balaban J connectivity index is 2.39. The lowest BCUT2D eigenvalue weighted by molar-refractivity contribution is 0.178. The van der Waals surface area contributed by atoms with Crippen molar-refractivity contribution in [2.45, 2.75) is 31.2 Å². The smallest absolute Gasteiger partial charge is 0.0781 e. The predicted octanol–water partition coefficient (Wildman–Crippen LogP) is 0.488. The van der Waals surface area contributed by atoms with Crippen molar-refractivity contribution >= 4 is 7.85 Å². The monoisotopic (exact) mass is 96.1 g/mol. The van der Waals surface area contributed by atoms with Crippen LogP contribution in [0.3, 0.4) is 0 Å². The topological polar surface area (TPSA) is 20.2 Å². The maximum absolute atomic E-state index is 8.83. The van der Waals surface area contributed by atoms with E-state index in [1.54, 1.807) is 6.92 Å². The van der Waals surface area contributed by atoms with Crippen molar-refractivity contribution in [3.63, 3.8) is 0 Å². The van der Waals surface area contributed by atoms with E-state index in [9.17, 15) is 0 Å². The first-order chi connectivity index (χ1) is 3.15. The zero-order valence-corrected chi connectivity index (χ0v) is 4.52. The van der Waals surface area contributed by atoms with E-state index in [0.717, 1.165) is 12.8 Å². The van der Waals surface area contributed by atoms with Gasteiger partial charge in [0.1, 0.15) is 0 Å². The SMILES string of the molecule is [B]C1(C(C)O)CC1. The van der Waals surface area contributed by atoms with Crippen molar-refractivity contribution < 1.29 is 5.11 Å². The maximum Gasteiger partial charge on any atom is 0.0781 e. The van der Waals surface area contributed by atoms with Gasteiger partial charge in [0.2, 0.25) is 0 Å². The molecule has 0 amide bonds. The van der Waals surface area contributed by atoms with Crippen LogP contribution in [0.25, 0.3) is 0 Å². The van der Waals surface area contributed by atoms with E-state index in [0.29, 0.717) is 0 Å². The molecule has 0 heterocycles. The van der Waals surface area contributed by atoms with Crippen LogP contribution >= 0.6 is 0 Å². The summed E-state index contributed by atoms with van der Waals surface area (Å²) in [6.45, 7) is 1.74. The van der Waals surface area contributed by atoms with Gasteiger partial charge >= 0.3 is 0 Å². The molecule has 1 unspecified atom stereocenters. The lowest BCUT2D eigenvalue weighted by Gasteiger charge is -2.09. The second-order valence-corrected chi connectivity index (χ2v) is 2.41. The molecule has 1 atom stereocenters. The summed E-state index contributed by atoms with van der Waals surface area (Å²) >= 11 is 0. The molecule has 0 spiro atoms. The van der Waals surface area contributed by atoms with Crippen molar-refractivity contribution in [1.29, 1.82) is 0 Å². The van der Waals surface area contributed by atoms with Crippen LogP contribution in [-0.2, 0) is 0 Å². The van der Waals surface area contributed by atoms with Crippen molar-refractivity contribution in [2.24, 2.45) is 0 Å². The van der Waals surface area contributed by atoms with Gasteiger partial charge in [-0.1, -0.05) is 12.8 Å². The number of hydrogen-bond acceptors (Lipinski definition) is 1. The van der Waals surface area contributed by atoms with Gasteiger partial charge in [0.15, 0.2) is 0 Å². The molecular formula is C5H9BO. The molecule has 38 valence electrons. The number of aliphatic hydroxyl groups excluding tert-OH is 1. The maximum atomic E-state index is 8.83. The first-order valence-corrected chi connectivity index (χ1v) is 2.62. The van der Waals surface area contributed by atoms with E-state index in [2.05, 4.69) is 0 Å². The quantitative estimate of drug-likeness (QED) is 0.471. The lowest BCUT2D eigenvalue weighted by Crippen LogP contribution is -2.10. The summed E-state index contributed by atoms with van der Waals surface area (Å²) in [5, 5.41) is 8.63. The van der Waals surface area contributed by atoms with Crippen molar-refractivity contribution in [3.8, 4) is 0 Å². The van der Waals surface area contributed by atoms with E-state index < -0.39 is 0 Å². The highest BCUT2D eigenvalue weighted by molar-refractivity contribution is 6.17. The summed E-state index contributed by atoms with van der Waals surface area (Å²) in [6.07, 6.45) is 1.67. The normalized spacial score (nSPS) is 29.4. The second kappa shape index (κ2) is 1.25. The largest absolute Gasteiger partial charge is 0.394 e. The van der Waals surface area contributed by atoms with Gasteiger partial charge in [-0.3, -0.25) is 0 Å². The third-order valence-electron chi connectivity index (χ3n) is 1.66. The van der Waals surface area contributed by atoms with Crippen molar-refractivity contribution in [3.05, 3.63) is 0 Å². The first-order valence-electron chi connectivity index (χ1n) is 2.62. The summed E-state index contributed by atoms with van der Waals surface area (Å²) in [5.41, 5.74) is 0. The fourth-order valence-electron chi connectivity index (χ4n) is 0.562. The van der Waals surface area contributed by atoms with Crippen LogP contribution in [0, 0.1) is 0 Å². The van der Waals surface area contributed by atoms with Crippen LogP contribution in [-0.4, -0.2) is 19.1 Å². The van der Waals surface area contributed by atoms with Crippen molar-refractivity contribution in [1.82, 2.24) is 0 Å². The molecular weight excluding hydrogens is 86.9 g/mol. The van der Waals surface area contributed by atoms with Gasteiger partial charge in [-0.05, 0) is 12.2 Å². The van der Waals surface area contributed by atoms with E-state index in [1.807, 2.05) is 0 Å². The van der Waals surface area contributed by atoms with Gasteiger partial charge in [0.05, 0.1) is 7.85 Å². The van der Waals surface area contributed by atoms with E-state index in [-0.39, 0.29) is 11.4 Å². The molecule has 0 aromatic carbocycles. The molecule has 0 saturated heterocycles. The Bertz CT molecular complexity index is 76.1. The minimum atomic E-state index is -0.313. The van der Waals surface area contributed by atoms with Crippen LogP contribution in [0.4, 0.5) is 0 Å². The standard InChI is InChI=1S/C5H9BO/c1-4(7)5(6)2-3-5/h4,7H,2-3H2,1H3. The molecule has 0 bridgehead atoms. The van der Waals surface area contributed by atoms with E-state index >= 15 is 0 Å². The van der Waals surface area contributed by atoms with E-state index in [4.69, 9.17) is 13.0 Å². The average Bonchev–Trinajstić information content (AvgIpc) is 2.21. The summed E-state index contributed by atoms with van der Waals surface area (Å²) in [7, 11) is 5.54. The molecule has 1 N–H and O–H groups in total. The summed E-state index contributed by atoms with van der Waals surface area (Å²) in [6, 6.07) is 0. The van der Waals surface area contributed by atoms with Gasteiger partial charge in [-0.2, -0.15) is 0 Å². The third-order valence-corrected chi connectivity index (χ3v) is 1.66. The molecule has 0 aliphatic heterocycles. The molecule has 1 aliphatic rings. The van der Waals surface area contributed by atoms with Crippen molar-refractivity contribution in [2.75, 3.05) is 0 Å². The first kappa shape index (κ1) is 5.17. The lowest BCUT2D eigenvalue weighted by atomic mass is 9.79. The molecule has 0 aromatic rings. The van der Waals surface area contributed by atoms with Crippen LogP contribution < -0.4 is 0 Å². The fraction of sp³-hybridized carbons (Fsp3) is 1.00. The number of rotatable bonds is 1. The van der Waals surface area contributed by atoms with Gasteiger partial charge in [0.25, 0.3) is 0 Å². The molecule has 1 saturated carbocycles. The highest BCUT2D eigenvalue weighted by Gasteiger charge is 2.40. The van der Waals surface area contributed by atoms with Gasteiger partial charge in [-0.25, -0.2) is 0 Å². The van der Waals surface area contributed by atoms with Crippen LogP contribution in [0.1, 0.15) is 19.8 Å². The Morgan fingerprint density at radius 2 is 2.14 bits per heavy atom. The second-order valence-electron chi connectivity index (χ2n) is 2.41. The van der Waals surface area contributed by atoms with Gasteiger partial charge in [0, 0.05) is 6.10 Å². The summed E-state index contributed by atoms with van der Waals surface area (Å²) in [4.78, 5) is 0. The molecule has 1 fully saturated rings. The molecule has 2 radical (unpaired) electrons. The Labute approximate surface area is 45.1 Å². The van der Waals surface area contributed by atoms with Crippen LogP contribution in [0.5, 0.6) is 0 Å². The average molecular weight is 95.9 g/mol. The number of aliphatic hydroxyl groups is 1. The number of hydrogen-bond donors (Lipinski definition) is 1. The molecule has 2 heteroatoms. The molecule has 1 aliphatic carbocycles. The zero-order chi connectivity index (χ0) is 5.49. The molecule has 0 aromatic heterocycles. The molecule has 1 nitrogen and oxygen atoms in total. The molecule has 7 heavy (non-hydrogen) atoms.